The predicted octanol–water partition coefficient (Wildman–Crippen LogP) is 5.17. The van der Waals surface area contributed by atoms with Crippen LogP contribution in [0.3, 0.4) is 0 Å². The number of benzene rings is 2. The molecule has 2 aromatic rings. The van der Waals surface area contributed by atoms with Crippen molar-refractivity contribution in [3.05, 3.63) is 69.7 Å². The van der Waals surface area contributed by atoms with Crippen LogP contribution in [0, 0.1) is 5.41 Å². The fraction of sp³-hybridized carbons (Fsp3) is 0.167. The smallest absolute Gasteiger partial charge is 0.120 e. The molecule has 0 bridgehead atoms. The average Bonchev–Trinajstić information content (AvgIpc) is 2.52. The lowest BCUT2D eigenvalue weighted by Gasteiger charge is -2.12. The Kier molecular flexibility index (Phi) is 6.08. The van der Waals surface area contributed by atoms with Gasteiger partial charge in [0, 0.05) is 39.6 Å². The van der Waals surface area contributed by atoms with Crippen LogP contribution in [-0.2, 0) is 6.61 Å². The Labute approximate surface area is 146 Å². The second-order valence-electron chi connectivity index (χ2n) is 5.01. The molecule has 0 aliphatic carbocycles. The maximum absolute atomic E-state index is 7.59. The standard InChI is InChI=1S/C18H18Cl2N2O/c1-12(21)9-18(22-2)13-5-3-6-14(10-13)23-11-15-16(19)7-4-8-17(15)20/h3-10,21-22H,11H2,1-2H3/b18-9-,21-12?. The van der Waals surface area contributed by atoms with Crippen molar-refractivity contribution in [2.75, 3.05) is 7.05 Å². The molecule has 0 unspecified atom stereocenters. The van der Waals surface area contributed by atoms with Gasteiger partial charge in [-0.3, -0.25) is 0 Å². The third-order valence-electron chi connectivity index (χ3n) is 3.22. The Morgan fingerprint density at radius 3 is 2.43 bits per heavy atom. The van der Waals surface area contributed by atoms with Gasteiger partial charge in [0.15, 0.2) is 0 Å². The molecule has 0 fully saturated rings. The van der Waals surface area contributed by atoms with Crippen LogP contribution in [0.15, 0.2) is 48.5 Å². The van der Waals surface area contributed by atoms with Crippen molar-refractivity contribution in [3.63, 3.8) is 0 Å². The highest BCUT2D eigenvalue weighted by atomic mass is 35.5. The van der Waals surface area contributed by atoms with Crippen molar-refractivity contribution >= 4 is 34.6 Å². The molecule has 0 spiro atoms. The number of rotatable bonds is 6. The van der Waals surface area contributed by atoms with Crippen molar-refractivity contribution in [2.24, 2.45) is 0 Å². The van der Waals surface area contributed by atoms with Crippen molar-refractivity contribution in [2.45, 2.75) is 13.5 Å². The Hall–Kier alpha value is -1.97. The molecule has 0 radical (unpaired) electrons. The van der Waals surface area contributed by atoms with Gasteiger partial charge in [-0.1, -0.05) is 41.4 Å². The minimum Gasteiger partial charge on any atom is -0.489 e. The van der Waals surface area contributed by atoms with E-state index in [0.29, 0.717) is 28.1 Å². The SMILES string of the molecule is CN/C(=C\C(C)=N)c1cccc(OCc2c(Cl)cccc2Cl)c1. The molecule has 3 nitrogen and oxygen atoms in total. The van der Waals surface area contributed by atoms with Crippen LogP contribution in [0.25, 0.3) is 5.70 Å². The fourth-order valence-corrected chi connectivity index (χ4v) is 2.60. The monoisotopic (exact) mass is 348 g/mol. The molecule has 0 aromatic heterocycles. The van der Waals surface area contributed by atoms with Gasteiger partial charge in [-0.15, -0.1) is 0 Å². The predicted molar refractivity (Wildman–Crippen MR) is 97.7 cm³/mol. The summed E-state index contributed by atoms with van der Waals surface area (Å²) in [7, 11) is 1.83. The van der Waals surface area contributed by atoms with Crippen LogP contribution in [0.1, 0.15) is 18.1 Å². The topological polar surface area (TPSA) is 45.1 Å². The van der Waals surface area contributed by atoms with Crippen LogP contribution in [0.2, 0.25) is 10.0 Å². The summed E-state index contributed by atoms with van der Waals surface area (Å²) in [5.41, 5.74) is 3.05. The number of hydrogen-bond donors (Lipinski definition) is 2. The third kappa shape index (κ3) is 4.75. The first kappa shape index (κ1) is 17.4. The van der Waals surface area contributed by atoms with E-state index in [4.69, 9.17) is 33.3 Å². The lowest BCUT2D eigenvalue weighted by Crippen LogP contribution is -2.06. The third-order valence-corrected chi connectivity index (χ3v) is 3.93. The van der Waals surface area contributed by atoms with E-state index in [1.54, 1.807) is 31.2 Å². The first-order chi connectivity index (χ1) is 11.0. The van der Waals surface area contributed by atoms with Crippen molar-refractivity contribution in [1.29, 1.82) is 5.41 Å². The van der Waals surface area contributed by atoms with E-state index >= 15 is 0 Å². The normalized spacial score (nSPS) is 11.2. The highest BCUT2D eigenvalue weighted by Gasteiger charge is 2.07. The van der Waals surface area contributed by atoms with Gasteiger partial charge in [-0.2, -0.15) is 0 Å². The number of halogens is 2. The number of allylic oxidation sites excluding steroid dienone is 1. The summed E-state index contributed by atoms with van der Waals surface area (Å²) in [6.07, 6.45) is 1.77. The lowest BCUT2D eigenvalue weighted by atomic mass is 10.1. The van der Waals surface area contributed by atoms with Gasteiger partial charge in [0.05, 0.1) is 0 Å². The Bertz CT molecular complexity index is 721. The van der Waals surface area contributed by atoms with Crippen LogP contribution in [-0.4, -0.2) is 12.8 Å². The molecule has 2 aromatic carbocycles. The van der Waals surface area contributed by atoms with E-state index in [2.05, 4.69) is 5.32 Å². The molecule has 0 saturated heterocycles. The highest BCUT2D eigenvalue weighted by molar-refractivity contribution is 6.35. The van der Waals surface area contributed by atoms with Gasteiger partial charge >= 0.3 is 0 Å². The maximum Gasteiger partial charge on any atom is 0.120 e. The summed E-state index contributed by atoms with van der Waals surface area (Å²) in [5.74, 6) is 0.710. The molecule has 0 aliphatic heterocycles. The molecule has 120 valence electrons. The molecular weight excluding hydrogens is 331 g/mol. The van der Waals surface area contributed by atoms with Crippen molar-refractivity contribution in [3.8, 4) is 5.75 Å². The van der Waals surface area contributed by atoms with E-state index in [9.17, 15) is 0 Å². The largest absolute Gasteiger partial charge is 0.489 e. The second kappa shape index (κ2) is 8.04. The molecule has 2 rings (SSSR count). The molecule has 0 amide bonds. The summed E-state index contributed by atoms with van der Waals surface area (Å²) in [6, 6.07) is 13.0. The summed E-state index contributed by atoms with van der Waals surface area (Å²) in [5, 5.41) is 11.9. The zero-order valence-electron chi connectivity index (χ0n) is 13.0. The van der Waals surface area contributed by atoms with Gasteiger partial charge in [-0.25, -0.2) is 0 Å². The van der Waals surface area contributed by atoms with Crippen LogP contribution < -0.4 is 10.1 Å². The van der Waals surface area contributed by atoms with Crippen molar-refractivity contribution < 1.29 is 4.74 Å². The summed E-state index contributed by atoms with van der Waals surface area (Å²) in [6.45, 7) is 2.03. The highest BCUT2D eigenvalue weighted by Crippen LogP contribution is 2.26. The second-order valence-corrected chi connectivity index (χ2v) is 5.82. The Morgan fingerprint density at radius 1 is 1.17 bits per heavy atom. The van der Waals surface area contributed by atoms with E-state index in [-0.39, 0.29) is 0 Å². The Morgan fingerprint density at radius 2 is 1.83 bits per heavy atom. The number of nitrogens with one attached hydrogen (secondary N) is 2. The molecule has 0 heterocycles. The van der Waals surface area contributed by atoms with Gasteiger partial charge in [0.25, 0.3) is 0 Å². The zero-order chi connectivity index (χ0) is 16.8. The summed E-state index contributed by atoms with van der Waals surface area (Å²) in [4.78, 5) is 0. The molecule has 2 N–H and O–H groups in total. The van der Waals surface area contributed by atoms with E-state index < -0.39 is 0 Å². The molecule has 0 atom stereocenters. The van der Waals surface area contributed by atoms with Crippen LogP contribution in [0.5, 0.6) is 5.75 Å². The first-order valence-electron chi connectivity index (χ1n) is 7.12. The van der Waals surface area contributed by atoms with E-state index in [1.807, 2.05) is 31.3 Å². The first-order valence-corrected chi connectivity index (χ1v) is 7.87. The molecule has 0 saturated carbocycles. The summed E-state index contributed by atoms with van der Waals surface area (Å²) < 4.78 is 5.82. The van der Waals surface area contributed by atoms with E-state index in [0.717, 1.165) is 16.8 Å². The molecule has 23 heavy (non-hydrogen) atoms. The fourth-order valence-electron chi connectivity index (χ4n) is 2.10. The van der Waals surface area contributed by atoms with Gasteiger partial charge < -0.3 is 15.5 Å². The van der Waals surface area contributed by atoms with Crippen LogP contribution in [0.4, 0.5) is 0 Å². The minimum absolute atomic E-state index is 0.296. The Balaban J connectivity index is 2.19. The molecule has 0 aliphatic rings. The quantitative estimate of drug-likeness (QED) is 0.707. The molecular formula is C18H18Cl2N2O. The van der Waals surface area contributed by atoms with Crippen molar-refractivity contribution in [1.82, 2.24) is 5.32 Å². The lowest BCUT2D eigenvalue weighted by molar-refractivity contribution is 0.306. The zero-order valence-corrected chi connectivity index (χ0v) is 14.5. The average molecular weight is 349 g/mol. The summed E-state index contributed by atoms with van der Waals surface area (Å²) >= 11 is 12.3. The van der Waals surface area contributed by atoms with E-state index in [1.165, 1.54) is 0 Å². The van der Waals surface area contributed by atoms with Gasteiger partial charge in [-0.05, 0) is 37.3 Å². The van der Waals surface area contributed by atoms with Gasteiger partial charge in [0.2, 0.25) is 0 Å². The number of ether oxygens (including phenoxy) is 1. The number of hydrogen-bond acceptors (Lipinski definition) is 3. The van der Waals surface area contributed by atoms with Crippen LogP contribution >= 0.6 is 23.2 Å². The molecule has 5 heteroatoms. The minimum atomic E-state index is 0.296. The maximum atomic E-state index is 7.59. The van der Waals surface area contributed by atoms with Gasteiger partial charge in [0.1, 0.15) is 12.4 Å².